The van der Waals surface area contributed by atoms with Gasteiger partial charge in [-0.1, -0.05) is 32.9 Å². The molecule has 1 aromatic heterocycles. The minimum absolute atomic E-state index is 0.0115. The summed E-state index contributed by atoms with van der Waals surface area (Å²) in [4.78, 5) is 19.4. The molecule has 0 unspecified atom stereocenters. The van der Waals surface area contributed by atoms with Gasteiger partial charge in [0.2, 0.25) is 5.91 Å². The molecule has 1 atom stereocenters. The van der Waals surface area contributed by atoms with Crippen LogP contribution in [0.4, 0.5) is 8.78 Å². The molecule has 29 heavy (non-hydrogen) atoms. The van der Waals surface area contributed by atoms with E-state index in [-0.39, 0.29) is 17.9 Å². The summed E-state index contributed by atoms with van der Waals surface area (Å²) < 4.78 is 26.6. The fraction of sp³-hybridized carbons (Fsp3) is 0.478. The molecule has 0 aliphatic carbocycles. The van der Waals surface area contributed by atoms with Crippen LogP contribution in [0.5, 0.6) is 0 Å². The Labute approximate surface area is 171 Å². The Morgan fingerprint density at radius 3 is 2.48 bits per heavy atom. The van der Waals surface area contributed by atoms with Crippen molar-refractivity contribution in [2.75, 3.05) is 13.1 Å². The molecule has 4 nitrogen and oxygen atoms in total. The van der Waals surface area contributed by atoms with Gasteiger partial charge in [-0.2, -0.15) is 0 Å². The van der Waals surface area contributed by atoms with Gasteiger partial charge < -0.3 is 5.32 Å². The van der Waals surface area contributed by atoms with Crippen molar-refractivity contribution < 1.29 is 13.6 Å². The van der Waals surface area contributed by atoms with Crippen LogP contribution in [0.15, 0.2) is 42.6 Å². The molecule has 2 heterocycles. The highest BCUT2D eigenvalue weighted by atomic mass is 19.2. The number of pyridine rings is 1. The van der Waals surface area contributed by atoms with E-state index >= 15 is 0 Å². The standard InChI is InChI=1S/C23H29F2N3O/c1-23(2,3)22(29)27-21(20-6-4-5-11-26-20)17-9-12-28(13-10-17)15-16-7-8-18(24)19(25)14-16/h4-8,11,14,17,21H,9-10,12-13,15H2,1-3H3,(H,27,29)/t21-/m0/s1. The van der Waals surface area contributed by atoms with Crippen molar-refractivity contribution in [1.82, 2.24) is 15.2 Å². The Morgan fingerprint density at radius 1 is 1.17 bits per heavy atom. The summed E-state index contributed by atoms with van der Waals surface area (Å²) in [6, 6.07) is 9.71. The molecule has 0 spiro atoms. The molecule has 2 aromatic rings. The van der Waals surface area contributed by atoms with Gasteiger partial charge in [0.25, 0.3) is 0 Å². The number of nitrogens with one attached hydrogen (secondary N) is 1. The summed E-state index contributed by atoms with van der Waals surface area (Å²) in [7, 11) is 0. The first kappa shape index (κ1) is 21.4. The second kappa shape index (κ2) is 8.99. The van der Waals surface area contributed by atoms with Crippen molar-refractivity contribution in [1.29, 1.82) is 0 Å². The monoisotopic (exact) mass is 401 g/mol. The Balaban J connectivity index is 1.66. The number of amides is 1. The van der Waals surface area contributed by atoms with Crippen molar-refractivity contribution in [2.45, 2.75) is 46.2 Å². The predicted octanol–water partition coefficient (Wildman–Crippen LogP) is 4.48. The molecule has 1 fully saturated rings. The van der Waals surface area contributed by atoms with Gasteiger partial charge in [0, 0.05) is 18.2 Å². The number of nitrogens with zero attached hydrogens (tertiary/aromatic N) is 2. The third kappa shape index (κ3) is 5.60. The van der Waals surface area contributed by atoms with Crippen molar-refractivity contribution in [3.63, 3.8) is 0 Å². The van der Waals surface area contributed by atoms with Gasteiger partial charge in [-0.05, 0) is 61.7 Å². The number of carbonyl (C=O) groups is 1. The molecular formula is C23H29F2N3O. The average molecular weight is 402 g/mol. The van der Waals surface area contributed by atoms with E-state index in [0.29, 0.717) is 6.54 Å². The number of hydrogen-bond acceptors (Lipinski definition) is 3. The second-order valence-corrected chi connectivity index (χ2v) is 8.82. The van der Waals surface area contributed by atoms with Crippen LogP contribution in [-0.4, -0.2) is 28.9 Å². The van der Waals surface area contributed by atoms with Crippen LogP contribution in [0.3, 0.4) is 0 Å². The van der Waals surface area contributed by atoms with Crippen LogP contribution >= 0.6 is 0 Å². The summed E-state index contributed by atoms with van der Waals surface area (Å²) in [6.45, 7) is 7.97. The summed E-state index contributed by atoms with van der Waals surface area (Å²) in [6.07, 6.45) is 3.55. The van der Waals surface area contributed by atoms with E-state index in [2.05, 4.69) is 15.2 Å². The van der Waals surface area contributed by atoms with E-state index in [1.54, 1.807) is 12.3 Å². The van der Waals surface area contributed by atoms with E-state index in [1.807, 2.05) is 39.0 Å². The SMILES string of the molecule is CC(C)(C)C(=O)N[C@H](c1ccccn1)C1CCN(Cc2ccc(F)c(F)c2)CC1. The zero-order valence-corrected chi connectivity index (χ0v) is 17.3. The quantitative estimate of drug-likeness (QED) is 0.804. The molecule has 0 bridgehead atoms. The highest BCUT2D eigenvalue weighted by Gasteiger charge is 2.32. The molecule has 0 saturated carbocycles. The molecular weight excluding hydrogens is 372 g/mol. The van der Waals surface area contributed by atoms with Crippen LogP contribution in [0.2, 0.25) is 0 Å². The molecule has 6 heteroatoms. The number of aromatic nitrogens is 1. The number of likely N-dealkylation sites (tertiary alicyclic amines) is 1. The fourth-order valence-corrected chi connectivity index (χ4v) is 3.69. The summed E-state index contributed by atoms with van der Waals surface area (Å²) >= 11 is 0. The van der Waals surface area contributed by atoms with Gasteiger partial charge in [-0.15, -0.1) is 0 Å². The van der Waals surface area contributed by atoms with Crippen LogP contribution in [0, 0.1) is 23.0 Å². The third-order valence-electron chi connectivity index (χ3n) is 5.47. The highest BCUT2D eigenvalue weighted by Crippen LogP contribution is 2.31. The summed E-state index contributed by atoms with van der Waals surface area (Å²) in [5.74, 6) is -1.34. The van der Waals surface area contributed by atoms with E-state index in [4.69, 9.17) is 0 Å². The molecule has 0 radical (unpaired) electrons. The number of halogens is 2. The largest absolute Gasteiger partial charge is 0.347 e. The van der Waals surface area contributed by atoms with E-state index < -0.39 is 17.0 Å². The first-order valence-electron chi connectivity index (χ1n) is 10.1. The van der Waals surface area contributed by atoms with Crippen molar-refractivity contribution in [2.24, 2.45) is 11.3 Å². The zero-order chi connectivity index (χ0) is 21.0. The lowest BCUT2D eigenvalue weighted by molar-refractivity contribution is -0.129. The predicted molar refractivity (Wildman–Crippen MR) is 109 cm³/mol. The number of rotatable bonds is 5. The summed E-state index contributed by atoms with van der Waals surface area (Å²) in [5.41, 5.74) is 1.18. The van der Waals surface area contributed by atoms with Crippen LogP contribution in [0.1, 0.15) is 50.9 Å². The van der Waals surface area contributed by atoms with E-state index in [0.717, 1.165) is 37.2 Å². The van der Waals surface area contributed by atoms with Gasteiger partial charge in [0.1, 0.15) is 0 Å². The van der Waals surface area contributed by atoms with E-state index in [1.165, 1.54) is 12.1 Å². The third-order valence-corrected chi connectivity index (χ3v) is 5.47. The average Bonchev–Trinajstić information content (AvgIpc) is 2.69. The zero-order valence-electron chi connectivity index (χ0n) is 17.3. The molecule has 1 N–H and O–H groups in total. The van der Waals surface area contributed by atoms with Gasteiger partial charge in [0.05, 0.1) is 11.7 Å². The van der Waals surface area contributed by atoms with E-state index in [9.17, 15) is 13.6 Å². The number of benzene rings is 1. The Morgan fingerprint density at radius 2 is 1.90 bits per heavy atom. The van der Waals surface area contributed by atoms with Gasteiger partial charge in [-0.3, -0.25) is 14.7 Å². The normalized spacial score (nSPS) is 17.1. The lowest BCUT2D eigenvalue weighted by Gasteiger charge is -2.37. The van der Waals surface area contributed by atoms with Gasteiger partial charge in [-0.25, -0.2) is 8.78 Å². The van der Waals surface area contributed by atoms with Crippen LogP contribution < -0.4 is 5.32 Å². The van der Waals surface area contributed by atoms with Crippen LogP contribution in [-0.2, 0) is 11.3 Å². The second-order valence-electron chi connectivity index (χ2n) is 8.82. The molecule has 156 valence electrons. The molecule has 1 aliphatic rings. The Bertz CT molecular complexity index is 828. The topological polar surface area (TPSA) is 45.2 Å². The molecule has 1 saturated heterocycles. The minimum Gasteiger partial charge on any atom is -0.347 e. The summed E-state index contributed by atoms with van der Waals surface area (Å²) in [5, 5.41) is 3.21. The Hall–Kier alpha value is -2.34. The first-order chi connectivity index (χ1) is 13.7. The number of carbonyl (C=O) groups excluding carboxylic acids is 1. The molecule has 3 rings (SSSR count). The number of piperidine rings is 1. The van der Waals surface area contributed by atoms with Crippen molar-refractivity contribution in [3.8, 4) is 0 Å². The molecule has 1 aliphatic heterocycles. The fourth-order valence-electron chi connectivity index (χ4n) is 3.69. The molecule has 1 amide bonds. The van der Waals surface area contributed by atoms with Gasteiger partial charge in [0.15, 0.2) is 11.6 Å². The molecule has 1 aromatic carbocycles. The smallest absolute Gasteiger partial charge is 0.225 e. The minimum atomic E-state index is -0.819. The lowest BCUT2D eigenvalue weighted by Crippen LogP contribution is -2.44. The van der Waals surface area contributed by atoms with Gasteiger partial charge >= 0.3 is 0 Å². The van der Waals surface area contributed by atoms with Crippen molar-refractivity contribution in [3.05, 3.63) is 65.5 Å². The first-order valence-corrected chi connectivity index (χ1v) is 10.1. The maximum atomic E-state index is 13.5. The number of hydrogen-bond donors (Lipinski definition) is 1. The highest BCUT2D eigenvalue weighted by molar-refractivity contribution is 5.81. The lowest BCUT2D eigenvalue weighted by atomic mass is 9.85. The van der Waals surface area contributed by atoms with Crippen LogP contribution in [0.25, 0.3) is 0 Å². The van der Waals surface area contributed by atoms with Crippen molar-refractivity contribution >= 4 is 5.91 Å². The Kier molecular flexibility index (Phi) is 6.63. The maximum Gasteiger partial charge on any atom is 0.225 e. The maximum absolute atomic E-state index is 13.5.